The summed E-state index contributed by atoms with van der Waals surface area (Å²) in [4.78, 5) is 3.16. The molecule has 0 heterocycles. The minimum atomic E-state index is 0. The molecule has 0 saturated carbocycles. The minimum Gasteiger partial charge on any atom is -0.265 e. The van der Waals surface area contributed by atoms with Crippen LogP contribution in [0.4, 0.5) is 5.69 Å². The van der Waals surface area contributed by atoms with E-state index in [1.54, 1.807) is 12.1 Å². The molecule has 9 heavy (non-hydrogen) atoms. The summed E-state index contributed by atoms with van der Waals surface area (Å²) in [6.45, 7) is 6.54. The molecule has 0 fully saturated rings. The molecule has 0 aromatic heterocycles. The minimum absolute atomic E-state index is 0. The second kappa shape index (κ2) is 4.67. The third-order valence-corrected chi connectivity index (χ3v) is 0.813. The van der Waals surface area contributed by atoms with Gasteiger partial charge in [0.25, 0.3) is 0 Å². The molecule has 0 aliphatic rings. The first-order valence-electron chi connectivity index (χ1n) is 2.27. The molecule has 41 valence electrons. The second-order valence-corrected chi connectivity index (χ2v) is 1.36. The van der Waals surface area contributed by atoms with Crippen molar-refractivity contribution in [2.24, 2.45) is 0 Å². The van der Waals surface area contributed by atoms with E-state index in [1.165, 1.54) is 0 Å². The number of nitrogens with zero attached hydrogens (tertiary/aromatic N) is 1. The fourth-order valence-corrected chi connectivity index (χ4v) is 0.453. The second-order valence-electron chi connectivity index (χ2n) is 1.36. The van der Waals surface area contributed by atoms with E-state index >= 15 is 0 Å². The predicted octanol–water partition coefficient (Wildman–Crippen LogP) is 2.04. The molecule has 0 unspecified atom stereocenters. The Morgan fingerprint density at radius 3 is 2.56 bits per heavy atom. The van der Waals surface area contributed by atoms with Crippen molar-refractivity contribution in [3.63, 3.8) is 0 Å². The molecule has 0 aliphatic heterocycles. The van der Waals surface area contributed by atoms with Crippen LogP contribution in [0.15, 0.2) is 24.3 Å². The molecule has 0 bridgehead atoms. The van der Waals surface area contributed by atoms with Gasteiger partial charge in [0.2, 0.25) is 0 Å². The Hall–Kier alpha value is -0.186. The Morgan fingerprint density at radius 1 is 1.44 bits per heavy atom. The fourth-order valence-electron chi connectivity index (χ4n) is 0.453. The molecule has 1 nitrogen and oxygen atoms in total. The van der Waals surface area contributed by atoms with Crippen molar-refractivity contribution in [1.82, 2.24) is 0 Å². The van der Waals surface area contributed by atoms with Crippen LogP contribution in [0.2, 0.25) is 0 Å². The van der Waals surface area contributed by atoms with E-state index in [1.807, 2.05) is 12.1 Å². The van der Waals surface area contributed by atoms with Crippen LogP contribution in [-0.4, -0.2) is 0 Å². The Labute approximate surface area is 79.8 Å². The maximum absolute atomic E-state index is 6.54. The van der Waals surface area contributed by atoms with Crippen LogP contribution >= 0.6 is 0 Å². The molecule has 1 aromatic carbocycles. The quantitative estimate of drug-likeness (QED) is 0.552. The van der Waals surface area contributed by atoms with Gasteiger partial charge in [-0.05, 0) is 0 Å². The summed E-state index contributed by atoms with van der Waals surface area (Å²) >= 11 is 0. The molecule has 0 spiro atoms. The number of rotatable bonds is 0. The molecular weight excluding hydrogens is 187 g/mol. The standard InChI is InChI=1S/C7H4N.Y/c1-8-7-5-3-2-4-6-7;/h2-5H;/q-1;. The van der Waals surface area contributed by atoms with Gasteiger partial charge in [-0.2, -0.15) is 30.3 Å². The molecule has 1 aromatic rings. The number of hydrogen-bond donors (Lipinski definition) is 0. The van der Waals surface area contributed by atoms with Crippen molar-refractivity contribution < 1.29 is 32.7 Å². The van der Waals surface area contributed by atoms with Crippen molar-refractivity contribution >= 4 is 5.69 Å². The van der Waals surface area contributed by atoms with Crippen LogP contribution in [0.1, 0.15) is 0 Å². The first-order valence-corrected chi connectivity index (χ1v) is 2.27. The van der Waals surface area contributed by atoms with E-state index in [0.717, 1.165) is 0 Å². The van der Waals surface area contributed by atoms with Crippen LogP contribution in [0, 0.1) is 12.6 Å². The van der Waals surface area contributed by atoms with Gasteiger partial charge in [-0.25, -0.2) is 0 Å². The summed E-state index contributed by atoms with van der Waals surface area (Å²) in [7, 11) is 0. The number of benzene rings is 1. The van der Waals surface area contributed by atoms with Crippen LogP contribution in [0.25, 0.3) is 4.85 Å². The normalized spacial score (nSPS) is 7.00. The van der Waals surface area contributed by atoms with Crippen molar-refractivity contribution in [2.45, 2.75) is 0 Å². The van der Waals surface area contributed by atoms with E-state index in [0.29, 0.717) is 5.69 Å². The molecule has 0 aliphatic carbocycles. The smallest absolute Gasteiger partial charge is 0.0899 e. The van der Waals surface area contributed by atoms with Gasteiger partial charge < -0.3 is 0 Å². The maximum Gasteiger partial charge on any atom is 0.0899 e. The van der Waals surface area contributed by atoms with Crippen molar-refractivity contribution in [1.29, 1.82) is 0 Å². The zero-order valence-corrected chi connectivity index (χ0v) is 7.67. The van der Waals surface area contributed by atoms with Crippen molar-refractivity contribution in [2.75, 3.05) is 0 Å². The summed E-state index contributed by atoms with van der Waals surface area (Å²) in [5.74, 6) is 0. The van der Waals surface area contributed by atoms with E-state index < -0.39 is 0 Å². The van der Waals surface area contributed by atoms with E-state index in [4.69, 9.17) is 6.57 Å². The third-order valence-electron chi connectivity index (χ3n) is 0.813. The molecule has 0 amide bonds. The Balaban J connectivity index is 0.000000640. The predicted molar refractivity (Wildman–Crippen MR) is 31.5 cm³/mol. The van der Waals surface area contributed by atoms with Crippen LogP contribution in [0.5, 0.6) is 0 Å². The van der Waals surface area contributed by atoms with Crippen LogP contribution < -0.4 is 0 Å². The van der Waals surface area contributed by atoms with Gasteiger partial charge in [0, 0.05) is 32.7 Å². The van der Waals surface area contributed by atoms with Gasteiger partial charge in [-0.15, -0.1) is 0 Å². The topological polar surface area (TPSA) is 4.36 Å². The molecule has 1 rings (SSSR count). The van der Waals surface area contributed by atoms with Gasteiger partial charge in [0.05, 0.1) is 12.3 Å². The Bertz CT molecular complexity index is 200. The monoisotopic (exact) mass is 191 g/mol. The summed E-state index contributed by atoms with van der Waals surface area (Å²) < 4.78 is 0. The van der Waals surface area contributed by atoms with Gasteiger partial charge in [-0.3, -0.25) is 4.85 Å². The average Bonchev–Trinajstić information content (AvgIpc) is 1.90. The summed E-state index contributed by atoms with van der Waals surface area (Å²) in [6.07, 6.45) is 0. The van der Waals surface area contributed by atoms with Crippen molar-refractivity contribution in [3.8, 4) is 0 Å². The number of para-hydroxylation sites is 1. The Morgan fingerprint density at radius 2 is 2.22 bits per heavy atom. The zero-order valence-electron chi connectivity index (χ0n) is 4.83. The van der Waals surface area contributed by atoms with E-state index in [-0.39, 0.29) is 32.7 Å². The van der Waals surface area contributed by atoms with E-state index in [2.05, 4.69) is 10.9 Å². The first-order chi connectivity index (χ1) is 3.93. The van der Waals surface area contributed by atoms with Crippen LogP contribution in [-0.2, 0) is 32.7 Å². The molecule has 1 radical (unpaired) electrons. The largest absolute Gasteiger partial charge is 0.265 e. The molecule has 2 heteroatoms. The Kier molecular flexibility index (Phi) is 4.57. The van der Waals surface area contributed by atoms with Gasteiger partial charge in [-0.1, -0.05) is 0 Å². The maximum atomic E-state index is 6.54. The summed E-state index contributed by atoms with van der Waals surface area (Å²) in [5, 5.41) is 0. The van der Waals surface area contributed by atoms with Crippen molar-refractivity contribution in [3.05, 3.63) is 41.7 Å². The molecule has 0 atom stereocenters. The zero-order chi connectivity index (χ0) is 5.82. The fraction of sp³-hybridized carbons (Fsp3) is 0. The number of hydrogen-bond acceptors (Lipinski definition) is 0. The van der Waals surface area contributed by atoms with Crippen LogP contribution in [0.3, 0.4) is 0 Å². The van der Waals surface area contributed by atoms with Gasteiger partial charge in [0.1, 0.15) is 0 Å². The summed E-state index contributed by atoms with van der Waals surface area (Å²) in [6, 6.07) is 9.89. The first kappa shape index (κ1) is 8.81. The van der Waals surface area contributed by atoms with E-state index in [9.17, 15) is 0 Å². The molecule has 0 saturated heterocycles. The van der Waals surface area contributed by atoms with Gasteiger partial charge in [0.15, 0.2) is 0 Å². The molecular formula is C7H4NY-. The van der Waals surface area contributed by atoms with Gasteiger partial charge >= 0.3 is 0 Å². The molecule has 0 N–H and O–H groups in total. The summed E-state index contributed by atoms with van der Waals surface area (Å²) in [5.41, 5.74) is 0.576. The average molecular weight is 191 g/mol. The third kappa shape index (κ3) is 2.74. The SMILES string of the molecule is [C-]#[N+]c1[c-]cccc1.[Y].